The van der Waals surface area contributed by atoms with Crippen LogP contribution in [0.5, 0.6) is 0 Å². The number of hydrogen-bond acceptors (Lipinski definition) is 4. The van der Waals surface area contributed by atoms with Crippen LogP contribution in [0.15, 0.2) is 0 Å². The highest BCUT2D eigenvalue weighted by Gasteiger charge is 1.97. The average Bonchev–Trinajstić information content (AvgIpc) is 2.10. The first-order valence-corrected chi connectivity index (χ1v) is 4.59. The van der Waals surface area contributed by atoms with Crippen molar-refractivity contribution >= 4 is 5.97 Å². The van der Waals surface area contributed by atoms with Crippen molar-refractivity contribution in [2.45, 2.75) is 12.8 Å². The molecule has 0 saturated heterocycles. The van der Waals surface area contributed by atoms with Gasteiger partial charge in [-0.1, -0.05) is 0 Å². The third-order valence-corrected chi connectivity index (χ3v) is 1.69. The van der Waals surface area contributed by atoms with Crippen LogP contribution in [0, 0.1) is 0 Å². The molecule has 0 aliphatic rings. The number of rotatable bonds is 7. The third-order valence-electron chi connectivity index (χ3n) is 1.69. The fourth-order valence-corrected chi connectivity index (χ4v) is 0.938. The molecule has 0 fully saturated rings. The number of carbonyl (C=O) groups excluding carboxylic acids is 1. The van der Waals surface area contributed by atoms with Crippen molar-refractivity contribution in [2.24, 2.45) is 0 Å². The molecule has 0 aliphatic carbocycles. The third kappa shape index (κ3) is 9.30. The van der Waals surface area contributed by atoms with E-state index in [1.807, 2.05) is 0 Å². The van der Waals surface area contributed by atoms with Gasteiger partial charge in [-0.2, -0.15) is 0 Å². The Balaban J connectivity index is 3.04. The fraction of sp³-hybridized carbons (Fsp3) is 0.889. The molecule has 1 N–H and O–H groups in total. The normalized spacial score (nSPS) is 10.5. The van der Waals surface area contributed by atoms with Crippen molar-refractivity contribution in [1.29, 1.82) is 0 Å². The van der Waals surface area contributed by atoms with Crippen LogP contribution in [0.2, 0.25) is 0 Å². The lowest BCUT2D eigenvalue weighted by Crippen LogP contribution is -2.23. The molecule has 4 nitrogen and oxygen atoms in total. The second-order valence-corrected chi connectivity index (χ2v) is 3.23. The summed E-state index contributed by atoms with van der Waals surface area (Å²) in [6.45, 7) is 2.74. The van der Waals surface area contributed by atoms with E-state index in [0.717, 1.165) is 19.5 Å². The maximum atomic E-state index is 10.7. The van der Waals surface area contributed by atoms with Gasteiger partial charge in [0, 0.05) is 6.54 Å². The van der Waals surface area contributed by atoms with Crippen molar-refractivity contribution in [2.75, 3.05) is 40.8 Å². The van der Waals surface area contributed by atoms with Crippen molar-refractivity contribution < 1.29 is 9.53 Å². The number of hydrogen-bond donors (Lipinski definition) is 1. The van der Waals surface area contributed by atoms with Crippen LogP contribution in [0.4, 0.5) is 0 Å². The van der Waals surface area contributed by atoms with Crippen molar-refractivity contribution in [1.82, 2.24) is 10.2 Å². The zero-order chi connectivity index (χ0) is 10.1. The minimum absolute atomic E-state index is 0.153. The Bertz CT molecular complexity index is 138. The van der Waals surface area contributed by atoms with E-state index in [2.05, 4.69) is 29.0 Å². The maximum absolute atomic E-state index is 10.7. The number of nitrogens with one attached hydrogen (secondary N) is 1. The van der Waals surface area contributed by atoms with Crippen LogP contribution >= 0.6 is 0 Å². The van der Waals surface area contributed by atoms with Gasteiger partial charge in [0.1, 0.15) is 0 Å². The topological polar surface area (TPSA) is 41.6 Å². The summed E-state index contributed by atoms with van der Waals surface area (Å²) in [4.78, 5) is 12.8. The average molecular weight is 188 g/mol. The Kier molecular flexibility index (Phi) is 7.63. The molecule has 13 heavy (non-hydrogen) atoms. The highest BCUT2D eigenvalue weighted by atomic mass is 16.5. The molecular formula is C9H20N2O2. The second kappa shape index (κ2) is 8.01. The van der Waals surface area contributed by atoms with Gasteiger partial charge in [0.25, 0.3) is 0 Å². The van der Waals surface area contributed by atoms with E-state index < -0.39 is 0 Å². The lowest BCUT2D eigenvalue weighted by atomic mass is 10.3. The second-order valence-electron chi connectivity index (χ2n) is 3.23. The van der Waals surface area contributed by atoms with Gasteiger partial charge in [-0.15, -0.1) is 0 Å². The van der Waals surface area contributed by atoms with Crippen molar-refractivity contribution in [3.8, 4) is 0 Å². The van der Waals surface area contributed by atoms with E-state index in [9.17, 15) is 4.79 Å². The first kappa shape index (κ1) is 12.4. The lowest BCUT2D eigenvalue weighted by molar-refractivity contribution is -0.140. The molecular weight excluding hydrogens is 168 g/mol. The van der Waals surface area contributed by atoms with Crippen molar-refractivity contribution in [3.63, 3.8) is 0 Å². The van der Waals surface area contributed by atoms with Crippen molar-refractivity contribution in [3.05, 3.63) is 0 Å². The Morgan fingerprint density at radius 2 is 2.08 bits per heavy atom. The fourth-order valence-electron chi connectivity index (χ4n) is 0.938. The number of ether oxygens (including phenoxy) is 1. The monoisotopic (exact) mass is 188 g/mol. The van der Waals surface area contributed by atoms with Crippen LogP contribution < -0.4 is 5.32 Å². The molecule has 0 amide bonds. The Morgan fingerprint density at radius 3 is 2.62 bits per heavy atom. The molecule has 0 bridgehead atoms. The van der Waals surface area contributed by atoms with E-state index >= 15 is 0 Å². The first-order chi connectivity index (χ1) is 6.16. The molecule has 0 saturated carbocycles. The van der Waals surface area contributed by atoms with E-state index in [4.69, 9.17) is 0 Å². The zero-order valence-electron chi connectivity index (χ0n) is 8.80. The molecule has 0 heterocycles. The number of carbonyl (C=O) groups is 1. The maximum Gasteiger partial charge on any atom is 0.306 e. The zero-order valence-corrected chi connectivity index (χ0v) is 8.80. The summed E-state index contributed by atoms with van der Waals surface area (Å²) in [7, 11) is 5.51. The Morgan fingerprint density at radius 1 is 1.38 bits per heavy atom. The quantitative estimate of drug-likeness (QED) is 0.454. The molecule has 0 aromatic rings. The van der Waals surface area contributed by atoms with Crippen LogP contribution in [0.3, 0.4) is 0 Å². The van der Waals surface area contributed by atoms with Gasteiger partial charge in [-0.05, 0) is 33.6 Å². The van der Waals surface area contributed by atoms with Gasteiger partial charge < -0.3 is 15.0 Å². The van der Waals surface area contributed by atoms with E-state index in [1.165, 1.54) is 7.11 Å². The molecule has 0 spiro atoms. The molecule has 0 rings (SSSR count). The lowest BCUT2D eigenvalue weighted by Gasteiger charge is -2.09. The SMILES string of the molecule is COC(=O)CCNCCCN(C)C. The number of esters is 1. The molecule has 0 aromatic carbocycles. The van der Waals surface area contributed by atoms with Gasteiger partial charge in [0.05, 0.1) is 13.5 Å². The van der Waals surface area contributed by atoms with Crippen LogP contribution in [0.25, 0.3) is 0 Å². The summed E-state index contributed by atoms with van der Waals surface area (Å²) in [6.07, 6.45) is 1.56. The van der Waals surface area contributed by atoms with Gasteiger partial charge in [0.15, 0.2) is 0 Å². The molecule has 0 unspecified atom stereocenters. The number of methoxy groups -OCH3 is 1. The summed E-state index contributed by atoms with van der Waals surface area (Å²) in [5.41, 5.74) is 0. The summed E-state index contributed by atoms with van der Waals surface area (Å²) in [5, 5.41) is 3.18. The van der Waals surface area contributed by atoms with Crippen LogP contribution in [0.1, 0.15) is 12.8 Å². The Hall–Kier alpha value is -0.610. The van der Waals surface area contributed by atoms with Crippen LogP contribution in [-0.2, 0) is 9.53 Å². The van der Waals surface area contributed by atoms with E-state index in [1.54, 1.807) is 0 Å². The van der Waals surface area contributed by atoms with Gasteiger partial charge in [-0.3, -0.25) is 4.79 Å². The molecule has 0 aromatic heterocycles. The molecule has 78 valence electrons. The molecule has 4 heteroatoms. The largest absolute Gasteiger partial charge is 0.469 e. The van der Waals surface area contributed by atoms with Gasteiger partial charge >= 0.3 is 5.97 Å². The number of nitrogens with zero attached hydrogens (tertiary/aromatic N) is 1. The molecule has 0 atom stereocenters. The van der Waals surface area contributed by atoms with Gasteiger partial charge in [0.2, 0.25) is 0 Å². The highest BCUT2D eigenvalue weighted by Crippen LogP contribution is 1.83. The standard InChI is InChI=1S/C9H20N2O2/c1-11(2)8-4-6-10-7-5-9(12)13-3/h10H,4-8H2,1-3H3. The highest BCUT2D eigenvalue weighted by molar-refractivity contribution is 5.69. The molecule has 0 aliphatic heterocycles. The van der Waals surface area contributed by atoms with Gasteiger partial charge in [-0.25, -0.2) is 0 Å². The molecule has 0 radical (unpaired) electrons. The smallest absolute Gasteiger partial charge is 0.306 e. The summed E-state index contributed by atoms with van der Waals surface area (Å²) < 4.78 is 4.51. The van der Waals surface area contributed by atoms with Crippen LogP contribution in [-0.4, -0.2) is 51.7 Å². The predicted molar refractivity (Wildman–Crippen MR) is 52.7 cm³/mol. The van der Waals surface area contributed by atoms with E-state index in [0.29, 0.717) is 13.0 Å². The summed E-state index contributed by atoms with van der Waals surface area (Å²) in [6, 6.07) is 0. The summed E-state index contributed by atoms with van der Waals surface area (Å²) in [5.74, 6) is -0.153. The minimum Gasteiger partial charge on any atom is -0.469 e. The van der Waals surface area contributed by atoms with E-state index in [-0.39, 0.29) is 5.97 Å². The first-order valence-electron chi connectivity index (χ1n) is 4.59. The Labute approximate surface area is 80.2 Å². The summed E-state index contributed by atoms with van der Waals surface area (Å²) >= 11 is 0. The predicted octanol–water partition coefficient (Wildman–Crippen LogP) is 0.0908. The minimum atomic E-state index is -0.153.